The van der Waals surface area contributed by atoms with Crippen LogP contribution in [-0.2, 0) is 11.2 Å². The lowest BCUT2D eigenvalue weighted by molar-refractivity contribution is -0.115. The van der Waals surface area contributed by atoms with Gasteiger partial charge in [-0.05, 0) is 43.7 Å². The molecule has 2 aromatic carbocycles. The second kappa shape index (κ2) is 7.30. The molecule has 0 saturated carbocycles. The van der Waals surface area contributed by atoms with E-state index in [1.54, 1.807) is 18.2 Å². The molecule has 1 amide bonds. The molecule has 1 N–H and O–H groups in total. The molecular formula is C19H17Cl2N3O. The minimum Gasteiger partial charge on any atom is -0.323 e. The lowest BCUT2D eigenvalue weighted by atomic mass is 10.1. The van der Waals surface area contributed by atoms with Gasteiger partial charge < -0.3 is 5.32 Å². The predicted molar refractivity (Wildman–Crippen MR) is 102 cm³/mol. The number of hydrogen-bond donors (Lipinski definition) is 1. The SMILES string of the molecule is Cc1nn(-c2ccccc2)c(C)c1NC(=O)Cc1ccc(Cl)c(Cl)c1. The van der Waals surface area contributed by atoms with E-state index in [2.05, 4.69) is 10.4 Å². The molecule has 0 aliphatic rings. The Morgan fingerprint density at radius 2 is 1.80 bits per heavy atom. The number of halogens is 2. The maximum absolute atomic E-state index is 12.4. The van der Waals surface area contributed by atoms with Gasteiger partial charge in [0.1, 0.15) is 0 Å². The summed E-state index contributed by atoms with van der Waals surface area (Å²) in [5, 5.41) is 8.40. The van der Waals surface area contributed by atoms with Gasteiger partial charge in [-0.2, -0.15) is 5.10 Å². The van der Waals surface area contributed by atoms with E-state index in [0.717, 1.165) is 28.3 Å². The minimum atomic E-state index is -0.128. The van der Waals surface area contributed by atoms with E-state index >= 15 is 0 Å². The fraction of sp³-hybridized carbons (Fsp3) is 0.158. The monoisotopic (exact) mass is 373 g/mol. The summed E-state index contributed by atoms with van der Waals surface area (Å²) in [5.41, 5.74) is 4.13. The number of benzene rings is 2. The number of carbonyl (C=O) groups excluding carboxylic acids is 1. The van der Waals surface area contributed by atoms with Gasteiger partial charge in [-0.25, -0.2) is 4.68 Å². The highest BCUT2D eigenvalue weighted by Gasteiger charge is 2.15. The van der Waals surface area contributed by atoms with Gasteiger partial charge in [0.25, 0.3) is 0 Å². The van der Waals surface area contributed by atoms with Gasteiger partial charge >= 0.3 is 0 Å². The second-order valence-corrected chi connectivity index (χ2v) is 6.58. The first kappa shape index (κ1) is 17.5. The standard InChI is InChI=1S/C19H17Cl2N3O/c1-12-19(13(2)24(23-12)15-6-4-3-5-7-15)22-18(25)11-14-8-9-16(20)17(21)10-14/h3-10H,11H2,1-2H3,(H,22,25). The molecule has 1 heterocycles. The largest absolute Gasteiger partial charge is 0.323 e. The summed E-state index contributed by atoms with van der Waals surface area (Å²) in [4.78, 5) is 12.4. The van der Waals surface area contributed by atoms with E-state index in [4.69, 9.17) is 23.2 Å². The summed E-state index contributed by atoms with van der Waals surface area (Å²) in [6.45, 7) is 3.81. The molecule has 0 aliphatic carbocycles. The summed E-state index contributed by atoms with van der Waals surface area (Å²) in [7, 11) is 0. The Kier molecular flexibility index (Phi) is 5.11. The molecule has 0 unspecified atom stereocenters. The highest BCUT2D eigenvalue weighted by atomic mass is 35.5. The zero-order valence-electron chi connectivity index (χ0n) is 13.9. The van der Waals surface area contributed by atoms with Gasteiger partial charge in [0.05, 0.1) is 39.2 Å². The average molecular weight is 374 g/mol. The second-order valence-electron chi connectivity index (χ2n) is 5.77. The minimum absolute atomic E-state index is 0.128. The van der Waals surface area contributed by atoms with Crippen molar-refractivity contribution >= 4 is 34.8 Å². The first-order chi connectivity index (χ1) is 12.0. The zero-order valence-corrected chi connectivity index (χ0v) is 15.4. The Morgan fingerprint density at radius 3 is 2.48 bits per heavy atom. The molecule has 0 atom stereocenters. The molecule has 0 radical (unpaired) electrons. The molecule has 0 fully saturated rings. The quantitative estimate of drug-likeness (QED) is 0.700. The normalized spacial score (nSPS) is 10.7. The Hall–Kier alpha value is -2.30. The zero-order chi connectivity index (χ0) is 18.0. The number of rotatable bonds is 4. The first-order valence-electron chi connectivity index (χ1n) is 7.81. The van der Waals surface area contributed by atoms with Crippen LogP contribution in [-0.4, -0.2) is 15.7 Å². The van der Waals surface area contributed by atoms with Gasteiger partial charge in [-0.1, -0.05) is 47.5 Å². The highest BCUT2D eigenvalue weighted by Crippen LogP contribution is 2.25. The van der Waals surface area contributed by atoms with E-state index < -0.39 is 0 Å². The van der Waals surface area contributed by atoms with Crippen molar-refractivity contribution in [3.63, 3.8) is 0 Å². The van der Waals surface area contributed by atoms with Crippen LogP contribution in [0.15, 0.2) is 48.5 Å². The topological polar surface area (TPSA) is 46.9 Å². The Labute approximate surface area is 156 Å². The van der Waals surface area contributed by atoms with E-state index in [0.29, 0.717) is 10.0 Å². The third-order valence-electron chi connectivity index (χ3n) is 3.91. The van der Waals surface area contributed by atoms with Crippen LogP contribution in [0.4, 0.5) is 5.69 Å². The van der Waals surface area contributed by atoms with Crippen molar-refractivity contribution in [2.45, 2.75) is 20.3 Å². The third-order valence-corrected chi connectivity index (χ3v) is 4.64. The van der Waals surface area contributed by atoms with Crippen molar-refractivity contribution in [2.75, 3.05) is 5.32 Å². The van der Waals surface area contributed by atoms with Crippen molar-refractivity contribution in [2.24, 2.45) is 0 Å². The molecule has 25 heavy (non-hydrogen) atoms. The summed E-state index contributed by atoms with van der Waals surface area (Å²) < 4.78 is 1.82. The molecule has 0 saturated heterocycles. The number of aryl methyl sites for hydroxylation is 1. The van der Waals surface area contributed by atoms with Crippen LogP contribution >= 0.6 is 23.2 Å². The van der Waals surface area contributed by atoms with Crippen molar-refractivity contribution < 1.29 is 4.79 Å². The van der Waals surface area contributed by atoms with Crippen molar-refractivity contribution in [3.8, 4) is 5.69 Å². The summed E-state index contributed by atoms with van der Waals surface area (Å²) in [5.74, 6) is -0.128. The predicted octanol–water partition coefficient (Wildman–Crippen LogP) is 4.98. The van der Waals surface area contributed by atoms with E-state index in [-0.39, 0.29) is 12.3 Å². The maximum atomic E-state index is 12.4. The lowest BCUT2D eigenvalue weighted by Gasteiger charge is -2.08. The summed E-state index contributed by atoms with van der Waals surface area (Å²) >= 11 is 11.9. The van der Waals surface area contributed by atoms with Crippen LogP contribution in [0.25, 0.3) is 5.69 Å². The highest BCUT2D eigenvalue weighted by molar-refractivity contribution is 6.42. The smallest absolute Gasteiger partial charge is 0.228 e. The summed E-state index contributed by atoms with van der Waals surface area (Å²) in [6.07, 6.45) is 0.215. The number of nitrogens with one attached hydrogen (secondary N) is 1. The molecule has 3 rings (SSSR count). The molecule has 0 aliphatic heterocycles. The van der Waals surface area contributed by atoms with Crippen LogP contribution in [0.3, 0.4) is 0 Å². The van der Waals surface area contributed by atoms with Crippen LogP contribution in [0.5, 0.6) is 0 Å². The third kappa shape index (κ3) is 3.86. The lowest BCUT2D eigenvalue weighted by Crippen LogP contribution is -2.15. The maximum Gasteiger partial charge on any atom is 0.228 e. The van der Waals surface area contributed by atoms with Gasteiger partial charge in [-0.15, -0.1) is 0 Å². The number of carbonyl (C=O) groups is 1. The van der Waals surface area contributed by atoms with Crippen molar-refractivity contribution in [1.82, 2.24) is 9.78 Å². The number of para-hydroxylation sites is 1. The van der Waals surface area contributed by atoms with Crippen molar-refractivity contribution in [3.05, 3.63) is 75.5 Å². The fourth-order valence-electron chi connectivity index (χ4n) is 2.66. The van der Waals surface area contributed by atoms with E-state index in [1.165, 1.54) is 0 Å². The number of aromatic nitrogens is 2. The van der Waals surface area contributed by atoms with Crippen LogP contribution in [0, 0.1) is 13.8 Å². The van der Waals surface area contributed by atoms with Crippen molar-refractivity contribution in [1.29, 1.82) is 0 Å². The van der Waals surface area contributed by atoms with Gasteiger partial charge in [0.2, 0.25) is 5.91 Å². The molecular weight excluding hydrogens is 357 g/mol. The average Bonchev–Trinajstić information content (AvgIpc) is 2.87. The molecule has 6 heteroatoms. The molecule has 1 aromatic heterocycles. The van der Waals surface area contributed by atoms with Gasteiger partial charge in [0.15, 0.2) is 0 Å². The van der Waals surface area contributed by atoms with E-state index in [9.17, 15) is 4.79 Å². The number of hydrogen-bond acceptors (Lipinski definition) is 2. The van der Waals surface area contributed by atoms with Gasteiger partial charge in [0, 0.05) is 0 Å². The molecule has 4 nitrogen and oxygen atoms in total. The molecule has 128 valence electrons. The Bertz CT molecular complexity index is 920. The Morgan fingerprint density at radius 1 is 1.08 bits per heavy atom. The fourth-order valence-corrected chi connectivity index (χ4v) is 2.98. The van der Waals surface area contributed by atoms with E-state index in [1.807, 2.05) is 48.9 Å². The summed E-state index contributed by atoms with van der Waals surface area (Å²) in [6, 6.07) is 15.0. The van der Waals surface area contributed by atoms with Crippen LogP contribution in [0.2, 0.25) is 10.0 Å². The van der Waals surface area contributed by atoms with Crippen LogP contribution < -0.4 is 5.32 Å². The number of amides is 1. The van der Waals surface area contributed by atoms with Crippen LogP contribution in [0.1, 0.15) is 17.0 Å². The Balaban J connectivity index is 1.79. The molecule has 3 aromatic rings. The number of anilines is 1. The first-order valence-corrected chi connectivity index (χ1v) is 8.56. The molecule has 0 spiro atoms. The van der Waals surface area contributed by atoms with Gasteiger partial charge in [-0.3, -0.25) is 4.79 Å². The number of nitrogens with zero attached hydrogens (tertiary/aromatic N) is 2. The molecule has 0 bridgehead atoms.